The van der Waals surface area contributed by atoms with E-state index in [4.69, 9.17) is 11.6 Å². The maximum atomic E-state index is 13.2. The minimum atomic E-state index is -0.329. The smallest absolute Gasteiger partial charge is 0.257 e. The standard InChI is InChI=1S/C24H26ClN3O3/c1-15-4-6-18(7-5-15)16(2)26-22(30)14-28-23(19-8-10-20(25)11-9-19)27-17(3)21(12-13-29)24(28)31/h4-11,16,29H,12-14H2,1-3H3,(H,26,30)/t16-/m0/s1. The number of nitrogens with zero attached hydrogens (tertiary/aromatic N) is 2. The number of halogens is 1. The van der Waals surface area contributed by atoms with Gasteiger partial charge in [-0.15, -0.1) is 0 Å². The van der Waals surface area contributed by atoms with Gasteiger partial charge >= 0.3 is 0 Å². The maximum Gasteiger partial charge on any atom is 0.257 e. The van der Waals surface area contributed by atoms with Gasteiger partial charge < -0.3 is 10.4 Å². The second-order valence-corrected chi connectivity index (χ2v) is 8.01. The molecule has 0 fully saturated rings. The van der Waals surface area contributed by atoms with Crippen LogP contribution in [-0.2, 0) is 17.8 Å². The second kappa shape index (κ2) is 9.90. The number of amides is 1. The van der Waals surface area contributed by atoms with Crippen molar-refractivity contribution in [3.63, 3.8) is 0 Å². The zero-order chi connectivity index (χ0) is 22.5. The zero-order valence-electron chi connectivity index (χ0n) is 17.9. The number of carbonyl (C=O) groups excluding carboxylic acids is 1. The van der Waals surface area contributed by atoms with Gasteiger partial charge in [-0.25, -0.2) is 4.98 Å². The van der Waals surface area contributed by atoms with Crippen LogP contribution < -0.4 is 10.9 Å². The van der Waals surface area contributed by atoms with Crippen LogP contribution in [0.1, 0.15) is 35.3 Å². The number of hydrogen-bond acceptors (Lipinski definition) is 4. The lowest BCUT2D eigenvalue weighted by Gasteiger charge is -2.18. The normalized spacial score (nSPS) is 11.9. The van der Waals surface area contributed by atoms with Gasteiger partial charge in [-0.3, -0.25) is 14.2 Å². The van der Waals surface area contributed by atoms with Crippen molar-refractivity contribution < 1.29 is 9.90 Å². The minimum Gasteiger partial charge on any atom is -0.396 e. The first-order chi connectivity index (χ1) is 14.8. The Morgan fingerprint density at radius 2 is 1.77 bits per heavy atom. The van der Waals surface area contributed by atoms with Crippen LogP contribution in [0, 0.1) is 13.8 Å². The number of nitrogens with one attached hydrogen (secondary N) is 1. The zero-order valence-corrected chi connectivity index (χ0v) is 18.6. The first-order valence-corrected chi connectivity index (χ1v) is 10.5. The lowest BCUT2D eigenvalue weighted by molar-refractivity contribution is -0.122. The summed E-state index contributed by atoms with van der Waals surface area (Å²) in [5.74, 6) is 0.0879. The molecule has 2 N–H and O–H groups in total. The maximum absolute atomic E-state index is 13.2. The Kier molecular flexibility index (Phi) is 7.25. The first kappa shape index (κ1) is 22.7. The Labute approximate surface area is 186 Å². The molecular weight excluding hydrogens is 414 g/mol. The van der Waals surface area contributed by atoms with Gasteiger partial charge in [-0.1, -0.05) is 41.4 Å². The molecule has 1 amide bonds. The van der Waals surface area contributed by atoms with E-state index in [9.17, 15) is 14.7 Å². The van der Waals surface area contributed by atoms with E-state index in [0.29, 0.717) is 27.7 Å². The molecule has 0 aliphatic heterocycles. The molecule has 162 valence electrons. The van der Waals surface area contributed by atoms with Crippen molar-refractivity contribution in [2.75, 3.05) is 6.61 Å². The Balaban J connectivity index is 1.94. The topological polar surface area (TPSA) is 84.2 Å². The lowest BCUT2D eigenvalue weighted by atomic mass is 10.1. The summed E-state index contributed by atoms with van der Waals surface area (Å²) in [4.78, 5) is 30.6. The van der Waals surface area contributed by atoms with Crippen LogP contribution in [0.4, 0.5) is 0 Å². The fourth-order valence-corrected chi connectivity index (χ4v) is 3.56. The fourth-order valence-electron chi connectivity index (χ4n) is 3.44. The number of aromatic nitrogens is 2. The molecule has 6 nitrogen and oxygen atoms in total. The number of hydrogen-bond donors (Lipinski definition) is 2. The van der Waals surface area contributed by atoms with Crippen LogP contribution in [0.3, 0.4) is 0 Å². The highest BCUT2D eigenvalue weighted by Gasteiger charge is 2.19. The predicted molar refractivity (Wildman–Crippen MR) is 122 cm³/mol. The summed E-state index contributed by atoms with van der Waals surface area (Å²) in [6, 6.07) is 14.7. The van der Waals surface area contributed by atoms with Gasteiger partial charge in [0.2, 0.25) is 5.91 Å². The van der Waals surface area contributed by atoms with E-state index in [0.717, 1.165) is 11.1 Å². The molecule has 0 spiro atoms. The van der Waals surface area contributed by atoms with Gasteiger partial charge in [0.25, 0.3) is 5.56 Å². The first-order valence-electron chi connectivity index (χ1n) is 10.1. The molecule has 1 atom stereocenters. The molecule has 7 heteroatoms. The van der Waals surface area contributed by atoms with Gasteiger partial charge in [0.15, 0.2) is 0 Å². The molecule has 0 saturated carbocycles. The molecule has 0 aliphatic carbocycles. The highest BCUT2D eigenvalue weighted by molar-refractivity contribution is 6.30. The summed E-state index contributed by atoms with van der Waals surface area (Å²) < 4.78 is 1.36. The second-order valence-electron chi connectivity index (χ2n) is 7.57. The Morgan fingerprint density at radius 3 is 2.39 bits per heavy atom. The Hall–Kier alpha value is -2.96. The third-order valence-corrected chi connectivity index (χ3v) is 5.44. The molecule has 3 rings (SSSR count). The summed E-state index contributed by atoms with van der Waals surface area (Å²) in [6.07, 6.45) is 0.181. The average molecular weight is 440 g/mol. The summed E-state index contributed by atoms with van der Waals surface area (Å²) >= 11 is 6.00. The van der Waals surface area contributed by atoms with Gasteiger partial charge in [0.05, 0.1) is 6.04 Å². The highest BCUT2D eigenvalue weighted by Crippen LogP contribution is 2.20. The van der Waals surface area contributed by atoms with E-state index in [1.807, 2.05) is 38.1 Å². The van der Waals surface area contributed by atoms with E-state index < -0.39 is 0 Å². The predicted octanol–water partition coefficient (Wildman–Crippen LogP) is 3.59. The SMILES string of the molecule is Cc1ccc([C@H](C)NC(=O)Cn2c(-c3ccc(Cl)cc3)nc(C)c(CCO)c2=O)cc1. The van der Waals surface area contributed by atoms with Crippen LogP contribution >= 0.6 is 11.6 Å². The third kappa shape index (κ3) is 5.40. The third-order valence-electron chi connectivity index (χ3n) is 5.19. The van der Waals surface area contributed by atoms with Gasteiger partial charge in [0.1, 0.15) is 12.4 Å². The van der Waals surface area contributed by atoms with Crippen molar-refractivity contribution in [2.45, 2.75) is 39.8 Å². The quantitative estimate of drug-likeness (QED) is 0.589. The van der Waals surface area contributed by atoms with Crippen molar-refractivity contribution in [1.82, 2.24) is 14.9 Å². The van der Waals surface area contributed by atoms with Gasteiger partial charge in [-0.2, -0.15) is 0 Å². The molecule has 1 aromatic heterocycles. The molecule has 0 saturated heterocycles. The van der Waals surface area contributed by atoms with Crippen molar-refractivity contribution in [3.8, 4) is 11.4 Å². The van der Waals surface area contributed by atoms with Crippen LogP contribution in [-0.4, -0.2) is 27.2 Å². The number of aryl methyl sites for hydroxylation is 2. The molecule has 1 heterocycles. The van der Waals surface area contributed by atoms with E-state index in [2.05, 4.69) is 10.3 Å². The van der Waals surface area contributed by atoms with E-state index in [1.54, 1.807) is 31.2 Å². The average Bonchev–Trinajstić information content (AvgIpc) is 2.74. The molecular formula is C24H26ClN3O3. The monoisotopic (exact) mass is 439 g/mol. The van der Waals surface area contributed by atoms with Gasteiger partial charge in [0, 0.05) is 34.9 Å². The van der Waals surface area contributed by atoms with E-state index in [1.165, 1.54) is 4.57 Å². The number of aliphatic hydroxyl groups is 1. The number of carbonyl (C=O) groups is 1. The molecule has 3 aromatic rings. The highest BCUT2D eigenvalue weighted by atomic mass is 35.5. The molecule has 31 heavy (non-hydrogen) atoms. The van der Waals surface area contributed by atoms with Crippen LogP contribution in [0.25, 0.3) is 11.4 Å². The molecule has 0 bridgehead atoms. The van der Waals surface area contributed by atoms with Crippen molar-refractivity contribution >= 4 is 17.5 Å². The van der Waals surface area contributed by atoms with Crippen molar-refractivity contribution in [2.24, 2.45) is 0 Å². The Morgan fingerprint density at radius 1 is 1.13 bits per heavy atom. The Bertz CT molecular complexity index is 1120. The number of rotatable bonds is 7. The van der Waals surface area contributed by atoms with E-state index in [-0.39, 0.29) is 37.1 Å². The largest absolute Gasteiger partial charge is 0.396 e. The summed E-state index contributed by atoms with van der Waals surface area (Å²) in [7, 11) is 0. The fraction of sp³-hybridized carbons (Fsp3) is 0.292. The molecule has 0 radical (unpaired) electrons. The summed E-state index contributed by atoms with van der Waals surface area (Å²) in [5, 5.41) is 12.9. The molecule has 0 unspecified atom stereocenters. The van der Waals surface area contributed by atoms with Crippen LogP contribution in [0.15, 0.2) is 53.3 Å². The molecule has 0 aliphatic rings. The lowest BCUT2D eigenvalue weighted by Crippen LogP contribution is -2.36. The summed E-state index contributed by atoms with van der Waals surface area (Å²) in [5.41, 5.74) is 3.41. The van der Waals surface area contributed by atoms with Crippen molar-refractivity contribution in [1.29, 1.82) is 0 Å². The minimum absolute atomic E-state index is 0.172. The van der Waals surface area contributed by atoms with Crippen LogP contribution in [0.2, 0.25) is 5.02 Å². The summed E-state index contributed by atoms with van der Waals surface area (Å²) in [6.45, 7) is 5.28. The molecule has 2 aromatic carbocycles. The van der Waals surface area contributed by atoms with Crippen LogP contribution in [0.5, 0.6) is 0 Å². The number of benzene rings is 2. The van der Waals surface area contributed by atoms with Gasteiger partial charge in [-0.05, 0) is 50.6 Å². The van der Waals surface area contributed by atoms with Crippen molar-refractivity contribution in [3.05, 3.63) is 86.3 Å². The number of aliphatic hydroxyl groups excluding tert-OH is 1. The van der Waals surface area contributed by atoms with E-state index >= 15 is 0 Å².